The average molecular weight is 447 g/mol. The van der Waals surface area contributed by atoms with Crippen LogP contribution in [0.2, 0.25) is 0 Å². The Bertz CT molecular complexity index is 709. The van der Waals surface area contributed by atoms with Gasteiger partial charge in [0.05, 0.1) is 0 Å². The van der Waals surface area contributed by atoms with Gasteiger partial charge in [-0.15, -0.1) is 0 Å². The van der Waals surface area contributed by atoms with Crippen molar-refractivity contribution in [2.45, 2.75) is 96.6 Å². The molecule has 0 aromatic rings. The topological polar surface area (TPSA) is 81.8 Å². The van der Waals surface area contributed by atoms with Crippen LogP contribution in [0.4, 0.5) is 4.79 Å². The third-order valence-electron chi connectivity index (χ3n) is 8.56. The summed E-state index contributed by atoms with van der Waals surface area (Å²) in [6.07, 6.45) is 10.5. The van der Waals surface area contributed by atoms with Crippen LogP contribution in [0, 0.1) is 17.3 Å². The van der Waals surface area contributed by atoms with Crippen molar-refractivity contribution >= 4 is 17.8 Å². The van der Waals surface area contributed by atoms with E-state index >= 15 is 0 Å². The van der Waals surface area contributed by atoms with E-state index < -0.39 is 11.6 Å². The maximum absolute atomic E-state index is 13.1. The van der Waals surface area contributed by atoms with Gasteiger partial charge >= 0.3 is 6.03 Å². The summed E-state index contributed by atoms with van der Waals surface area (Å²) < 4.78 is 0. The van der Waals surface area contributed by atoms with Crippen molar-refractivity contribution in [1.29, 1.82) is 0 Å². The molecule has 4 rings (SSSR count). The van der Waals surface area contributed by atoms with Crippen molar-refractivity contribution in [3.63, 3.8) is 0 Å². The quantitative estimate of drug-likeness (QED) is 0.635. The predicted octanol–water partition coefficient (Wildman–Crippen LogP) is 3.28. The second kappa shape index (κ2) is 9.32. The van der Waals surface area contributed by atoms with E-state index in [1.54, 1.807) is 0 Å². The molecule has 180 valence electrons. The molecule has 4 fully saturated rings. The molecular formula is C25H42N4O3. The highest BCUT2D eigenvalue weighted by Crippen LogP contribution is 2.43. The highest BCUT2D eigenvalue weighted by molar-refractivity contribution is 6.09. The molecule has 0 atom stereocenters. The highest BCUT2D eigenvalue weighted by Gasteiger charge is 2.53. The summed E-state index contributed by atoms with van der Waals surface area (Å²) in [5.41, 5.74) is -0.593. The summed E-state index contributed by atoms with van der Waals surface area (Å²) in [6.45, 7) is 9.77. The molecule has 32 heavy (non-hydrogen) atoms. The fraction of sp³-hybridized carbons (Fsp3) is 0.880. The largest absolute Gasteiger partial charge is 0.352 e. The van der Waals surface area contributed by atoms with Gasteiger partial charge < -0.3 is 15.5 Å². The number of nitrogens with one attached hydrogen (secondary N) is 2. The van der Waals surface area contributed by atoms with Gasteiger partial charge in [0, 0.05) is 25.7 Å². The smallest absolute Gasteiger partial charge is 0.325 e. The summed E-state index contributed by atoms with van der Waals surface area (Å²) in [6, 6.07) is -0.273. The van der Waals surface area contributed by atoms with Gasteiger partial charge in [-0.1, -0.05) is 33.6 Å². The number of carbonyl (C=O) groups is 3. The van der Waals surface area contributed by atoms with Crippen molar-refractivity contribution in [3.05, 3.63) is 0 Å². The first kappa shape index (κ1) is 23.5. The van der Waals surface area contributed by atoms with Gasteiger partial charge in [-0.25, -0.2) is 4.79 Å². The molecule has 4 aliphatic rings. The molecular weight excluding hydrogens is 404 g/mol. The lowest BCUT2D eigenvalue weighted by Gasteiger charge is -2.40. The number of rotatable bonds is 5. The highest BCUT2D eigenvalue weighted by atomic mass is 16.2. The molecule has 0 aromatic heterocycles. The SMILES string of the molecule is CC(C)(C)C1CCC2(CC1)NC(=O)N(CC(=O)NC1CCN(CC3CCCC3)CC1)C2=O. The molecule has 2 saturated carbocycles. The monoisotopic (exact) mass is 446 g/mol. The second-order valence-corrected chi connectivity index (χ2v) is 11.8. The van der Waals surface area contributed by atoms with Crippen LogP contribution in [0.15, 0.2) is 0 Å². The number of carbonyl (C=O) groups excluding carboxylic acids is 3. The van der Waals surface area contributed by atoms with Crippen LogP contribution in [0.25, 0.3) is 0 Å². The molecule has 2 saturated heterocycles. The number of hydrogen-bond acceptors (Lipinski definition) is 4. The van der Waals surface area contributed by atoms with Crippen molar-refractivity contribution in [1.82, 2.24) is 20.4 Å². The van der Waals surface area contributed by atoms with Gasteiger partial charge in [0.15, 0.2) is 0 Å². The zero-order valence-electron chi connectivity index (χ0n) is 20.3. The first-order valence-electron chi connectivity index (χ1n) is 12.8. The lowest BCUT2D eigenvalue weighted by molar-refractivity contribution is -0.136. The third-order valence-corrected chi connectivity index (χ3v) is 8.56. The van der Waals surface area contributed by atoms with Crippen LogP contribution in [0.1, 0.15) is 85.0 Å². The first-order chi connectivity index (χ1) is 15.2. The normalized spacial score (nSPS) is 30.8. The van der Waals surface area contributed by atoms with Crippen molar-refractivity contribution in [2.24, 2.45) is 17.3 Å². The molecule has 0 aromatic carbocycles. The Morgan fingerprint density at radius 1 is 1.03 bits per heavy atom. The maximum Gasteiger partial charge on any atom is 0.325 e. The van der Waals surface area contributed by atoms with Crippen LogP contribution in [0.3, 0.4) is 0 Å². The van der Waals surface area contributed by atoms with E-state index in [4.69, 9.17) is 0 Å². The Balaban J connectivity index is 1.23. The molecule has 1 spiro atoms. The Hall–Kier alpha value is -1.63. The number of amides is 4. The van der Waals surface area contributed by atoms with Crippen LogP contribution in [-0.2, 0) is 9.59 Å². The fourth-order valence-electron chi connectivity index (χ4n) is 6.37. The maximum atomic E-state index is 13.1. The first-order valence-corrected chi connectivity index (χ1v) is 12.8. The number of nitrogens with zero attached hydrogens (tertiary/aromatic N) is 2. The summed E-state index contributed by atoms with van der Waals surface area (Å²) >= 11 is 0. The average Bonchev–Trinajstić information content (AvgIpc) is 3.32. The van der Waals surface area contributed by atoms with Gasteiger partial charge in [-0.3, -0.25) is 14.5 Å². The van der Waals surface area contributed by atoms with Crippen LogP contribution in [0.5, 0.6) is 0 Å². The molecule has 4 amide bonds. The van der Waals surface area contributed by atoms with Crippen molar-refractivity contribution in [2.75, 3.05) is 26.2 Å². The zero-order chi connectivity index (χ0) is 22.9. The van der Waals surface area contributed by atoms with Crippen molar-refractivity contribution in [3.8, 4) is 0 Å². The number of urea groups is 1. The summed E-state index contributed by atoms with van der Waals surface area (Å²) in [5.74, 6) is 0.973. The number of hydrogen-bond donors (Lipinski definition) is 2. The minimum atomic E-state index is -0.801. The van der Waals surface area contributed by atoms with Crippen LogP contribution in [-0.4, -0.2) is 65.4 Å². The molecule has 0 unspecified atom stereocenters. The van der Waals surface area contributed by atoms with E-state index in [2.05, 4.69) is 36.3 Å². The van der Waals surface area contributed by atoms with Gasteiger partial charge in [0.25, 0.3) is 5.91 Å². The Labute approximate surface area is 193 Å². The summed E-state index contributed by atoms with van der Waals surface area (Å²) in [4.78, 5) is 42.1. The van der Waals surface area contributed by atoms with Gasteiger partial charge in [0.2, 0.25) is 5.91 Å². The standard InChI is InChI=1S/C25H42N4O3/c1-24(2,3)19-8-12-25(13-9-19)22(31)29(23(32)27-25)17-21(30)26-20-10-14-28(15-11-20)16-18-6-4-5-7-18/h18-20H,4-17H2,1-3H3,(H,26,30)(H,27,32). The lowest BCUT2D eigenvalue weighted by Crippen LogP contribution is -2.51. The molecule has 2 heterocycles. The molecule has 2 aliphatic carbocycles. The van der Waals surface area contributed by atoms with Crippen molar-refractivity contribution < 1.29 is 14.4 Å². The van der Waals surface area contributed by atoms with E-state index in [1.807, 2.05) is 0 Å². The Morgan fingerprint density at radius 3 is 2.25 bits per heavy atom. The molecule has 2 aliphatic heterocycles. The third kappa shape index (κ3) is 5.13. The predicted molar refractivity (Wildman–Crippen MR) is 124 cm³/mol. The number of likely N-dealkylation sites (tertiary alicyclic amines) is 1. The van der Waals surface area contributed by atoms with Gasteiger partial charge in [-0.05, 0) is 68.6 Å². The van der Waals surface area contributed by atoms with Crippen LogP contribution < -0.4 is 10.6 Å². The second-order valence-electron chi connectivity index (χ2n) is 11.8. The number of piperidine rings is 1. The van der Waals surface area contributed by atoms with E-state index in [-0.39, 0.29) is 29.8 Å². The van der Waals surface area contributed by atoms with E-state index in [9.17, 15) is 14.4 Å². The molecule has 0 radical (unpaired) electrons. The summed E-state index contributed by atoms with van der Waals surface area (Å²) in [7, 11) is 0. The van der Waals surface area contributed by atoms with Gasteiger partial charge in [0.1, 0.15) is 12.1 Å². The minimum absolute atomic E-state index is 0.138. The minimum Gasteiger partial charge on any atom is -0.352 e. The lowest BCUT2D eigenvalue weighted by atomic mass is 9.67. The fourth-order valence-corrected chi connectivity index (χ4v) is 6.37. The Kier molecular flexibility index (Phi) is 6.85. The summed E-state index contributed by atoms with van der Waals surface area (Å²) in [5, 5.41) is 6.02. The van der Waals surface area contributed by atoms with Gasteiger partial charge in [-0.2, -0.15) is 0 Å². The van der Waals surface area contributed by atoms with E-state index in [1.165, 1.54) is 32.2 Å². The molecule has 2 N–H and O–H groups in total. The van der Waals surface area contributed by atoms with Crippen LogP contribution >= 0.6 is 0 Å². The Morgan fingerprint density at radius 2 is 1.66 bits per heavy atom. The molecule has 7 nitrogen and oxygen atoms in total. The number of imide groups is 1. The zero-order valence-corrected chi connectivity index (χ0v) is 20.3. The van der Waals surface area contributed by atoms with E-state index in [0.29, 0.717) is 18.8 Å². The van der Waals surface area contributed by atoms with E-state index in [0.717, 1.165) is 49.6 Å². The molecule has 0 bridgehead atoms. The molecule has 7 heteroatoms.